The molecule has 0 aliphatic heterocycles. The molecule has 0 fully saturated rings. The number of carbonyl (C=O) groups excluding carboxylic acids is 1. The smallest absolute Gasteiger partial charge is 0.252 e. The summed E-state index contributed by atoms with van der Waals surface area (Å²) < 4.78 is 33.3. The van der Waals surface area contributed by atoms with E-state index in [-0.39, 0.29) is 27.7 Å². The number of ether oxygens (including phenoxy) is 1. The molecule has 1 amide bonds. The minimum absolute atomic E-state index is 0.00888. The summed E-state index contributed by atoms with van der Waals surface area (Å²) in [5, 5.41) is 11.6. The zero-order valence-electron chi connectivity index (χ0n) is 26.1. The van der Waals surface area contributed by atoms with Crippen molar-refractivity contribution >= 4 is 27.3 Å². The van der Waals surface area contributed by atoms with E-state index in [1.54, 1.807) is 43.3 Å². The molecule has 0 radical (unpaired) electrons. The third-order valence-electron chi connectivity index (χ3n) is 7.91. The fraction of sp³-hybridized carbons (Fsp3) is 0.184. The molecule has 9 heteroatoms. The van der Waals surface area contributed by atoms with Gasteiger partial charge in [0.2, 0.25) is 9.84 Å². The molecule has 242 valence electrons. The number of hydrogen-bond acceptors (Lipinski definition) is 6. The molecule has 5 aromatic carbocycles. The molecule has 47 heavy (non-hydrogen) atoms. The molecule has 3 N–H and O–H groups in total. The molecule has 0 unspecified atom stereocenters. The lowest BCUT2D eigenvalue weighted by molar-refractivity contribution is 0.0995. The van der Waals surface area contributed by atoms with Gasteiger partial charge in [0.25, 0.3) is 5.91 Å². The van der Waals surface area contributed by atoms with Crippen molar-refractivity contribution in [3.8, 4) is 5.75 Å². The number of benzene rings is 5. The zero-order chi connectivity index (χ0) is 33.4. The van der Waals surface area contributed by atoms with Crippen molar-refractivity contribution in [3.05, 3.63) is 160 Å². The van der Waals surface area contributed by atoms with Crippen LogP contribution in [0.25, 0.3) is 0 Å². The Bertz CT molecular complexity index is 1920. The lowest BCUT2D eigenvalue weighted by Gasteiger charge is -2.25. The summed E-state index contributed by atoms with van der Waals surface area (Å²) in [6.45, 7) is 3.56. The quantitative estimate of drug-likeness (QED) is 0.133. The van der Waals surface area contributed by atoms with Gasteiger partial charge < -0.3 is 15.6 Å². The third kappa shape index (κ3) is 8.87. The van der Waals surface area contributed by atoms with E-state index in [0.717, 1.165) is 22.3 Å². The van der Waals surface area contributed by atoms with Crippen LogP contribution in [-0.2, 0) is 29.4 Å². The number of aliphatic hydroxyl groups is 1. The van der Waals surface area contributed by atoms with Gasteiger partial charge in [-0.15, -0.1) is 0 Å². The predicted octanol–water partition coefficient (Wildman–Crippen LogP) is 6.94. The maximum absolute atomic E-state index is 13.7. The van der Waals surface area contributed by atoms with Gasteiger partial charge in [0.15, 0.2) is 0 Å². The fourth-order valence-electron chi connectivity index (χ4n) is 5.40. The van der Waals surface area contributed by atoms with E-state index in [9.17, 15) is 18.3 Å². The van der Waals surface area contributed by atoms with E-state index in [1.807, 2.05) is 72.8 Å². The lowest BCUT2D eigenvalue weighted by Crippen LogP contribution is -2.30. The van der Waals surface area contributed by atoms with Gasteiger partial charge in [-0.25, -0.2) is 8.42 Å². The normalized spacial score (nSPS) is 12.2. The van der Waals surface area contributed by atoms with Gasteiger partial charge in [0.1, 0.15) is 12.4 Å². The van der Waals surface area contributed by atoms with Crippen LogP contribution >= 0.6 is 11.6 Å². The minimum atomic E-state index is -3.96. The van der Waals surface area contributed by atoms with Crippen molar-refractivity contribution in [1.29, 1.82) is 0 Å². The van der Waals surface area contributed by atoms with Crippen LogP contribution in [0.1, 0.15) is 44.3 Å². The highest BCUT2D eigenvalue weighted by Gasteiger charge is 2.23. The molecule has 0 saturated carbocycles. The van der Waals surface area contributed by atoms with Gasteiger partial charge in [0.05, 0.1) is 21.5 Å². The minimum Gasteiger partial charge on any atom is -0.488 e. The molecule has 0 saturated heterocycles. The van der Waals surface area contributed by atoms with Crippen LogP contribution in [-0.4, -0.2) is 37.4 Å². The van der Waals surface area contributed by atoms with Crippen LogP contribution in [0.2, 0.25) is 5.02 Å². The maximum atomic E-state index is 13.7. The molecule has 1 atom stereocenters. The summed E-state index contributed by atoms with van der Waals surface area (Å²) in [5.41, 5.74) is 9.87. The molecule has 5 rings (SSSR count). The van der Waals surface area contributed by atoms with E-state index in [2.05, 4.69) is 4.90 Å². The molecular weight excluding hydrogens is 632 g/mol. The van der Waals surface area contributed by atoms with Gasteiger partial charge in [-0.2, -0.15) is 0 Å². The monoisotopic (exact) mass is 668 g/mol. The Kier molecular flexibility index (Phi) is 11.1. The van der Waals surface area contributed by atoms with Crippen LogP contribution in [0.4, 0.5) is 0 Å². The van der Waals surface area contributed by atoms with Crippen molar-refractivity contribution in [1.82, 2.24) is 4.90 Å². The number of rotatable bonds is 14. The number of nitrogens with zero attached hydrogens (tertiary/aromatic N) is 1. The molecule has 0 aliphatic rings. The molecule has 7 nitrogen and oxygen atoms in total. The van der Waals surface area contributed by atoms with Crippen LogP contribution < -0.4 is 10.5 Å². The second-order valence-electron chi connectivity index (χ2n) is 11.4. The fourth-order valence-corrected chi connectivity index (χ4v) is 6.97. The summed E-state index contributed by atoms with van der Waals surface area (Å²) in [4.78, 5) is 14.6. The number of amides is 1. The van der Waals surface area contributed by atoms with Crippen molar-refractivity contribution < 1.29 is 23.1 Å². The second kappa shape index (κ2) is 15.4. The van der Waals surface area contributed by atoms with Crippen molar-refractivity contribution in [2.45, 2.75) is 42.4 Å². The number of aliphatic hydroxyl groups excluding tert-OH is 1. The number of aryl methyl sites for hydroxylation is 1. The Morgan fingerprint density at radius 3 is 2.13 bits per heavy atom. The zero-order valence-corrected chi connectivity index (χ0v) is 27.6. The summed E-state index contributed by atoms with van der Waals surface area (Å²) in [5.74, 6) is -0.514. The van der Waals surface area contributed by atoms with Gasteiger partial charge in [-0.1, -0.05) is 96.5 Å². The molecule has 0 spiro atoms. The van der Waals surface area contributed by atoms with E-state index < -0.39 is 21.8 Å². The van der Waals surface area contributed by atoms with Crippen LogP contribution in [0.5, 0.6) is 5.75 Å². The largest absolute Gasteiger partial charge is 0.488 e. The topological polar surface area (TPSA) is 110 Å². The lowest BCUT2D eigenvalue weighted by atomic mass is 10.1. The average molecular weight is 669 g/mol. The first-order valence-corrected chi connectivity index (χ1v) is 17.1. The molecule has 5 aromatic rings. The first kappa shape index (κ1) is 33.9. The summed E-state index contributed by atoms with van der Waals surface area (Å²) >= 11 is 6.16. The van der Waals surface area contributed by atoms with Crippen molar-refractivity contribution in [3.63, 3.8) is 0 Å². The summed E-state index contributed by atoms with van der Waals surface area (Å²) in [7, 11) is -3.96. The Hall–Kier alpha value is -4.47. The molecule has 0 heterocycles. The van der Waals surface area contributed by atoms with Gasteiger partial charge >= 0.3 is 0 Å². The van der Waals surface area contributed by atoms with E-state index in [4.69, 9.17) is 22.1 Å². The number of halogens is 1. The SMILES string of the molecule is Cc1cc(S(=O)(=O)c2ccc(CCN(Cc3ccccc3)C[C@H](O)c3cccc(Cl)c3)cc2)cc(C(N)=O)c1OCc1ccccc1. The number of sulfone groups is 1. The van der Waals surface area contributed by atoms with Crippen LogP contribution in [0, 0.1) is 6.92 Å². The number of carbonyl (C=O) groups is 1. The van der Waals surface area contributed by atoms with E-state index in [1.165, 1.54) is 12.1 Å². The number of primary amides is 1. The standard InChI is InChI=1S/C38H37ClN2O5S/c1-27-21-34(23-35(38(40)43)37(27)46-26-30-11-6-3-7-12-30)47(44,45)33-17-15-28(16-18-33)19-20-41(24-29-9-4-2-5-10-29)25-36(42)31-13-8-14-32(39)22-31/h2-18,21-23,36,42H,19-20,24-26H2,1H3,(H2,40,43)/t36-/m0/s1. The molecule has 0 aliphatic carbocycles. The number of hydrogen-bond donors (Lipinski definition) is 2. The molecule has 0 aromatic heterocycles. The third-order valence-corrected chi connectivity index (χ3v) is 9.90. The highest BCUT2D eigenvalue weighted by Crippen LogP contribution is 2.31. The number of nitrogens with two attached hydrogens (primary N) is 1. The first-order chi connectivity index (χ1) is 22.6. The van der Waals surface area contributed by atoms with Gasteiger partial charge in [-0.05, 0) is 77.6 Å². The maximum Gasteiger partial charge on any atom is 0.252 e. The Balaban J connectivity index is 1.30. The second-order valence-corrected chi connectivity index (χ2v) is 13.8. The van der Waals surface area contributed by atoms with Crippen LogP contribution in [0.15, 0.2) is 131 Å². The van der Waals surface area contributed by atoms with Crippen molar-refractivity contribution in [2.24, 2.45) is 5.73 Å². The first-order valence-electron chi connectivity index (χ1n) is 15.2. The predicted molar refractivity (Wildman–Crippen MR) is 184 cm³/mol. The summed E-state index contributed by atoms with van der Waals surface area (Å²) in [6, 6.07) is 36.2. The highest BCUT2D eigenvalue weighted by molar-refractivity contribution is 7.91. The van der Waals surface area contributed by atoms with Crippen LogP contribution in [0.3, 0.4) is 0 Å². The van der Waals surface area contributed by atoms with E-state index >= 15 is 0 Å². The Morgan fingerprint density at radius 2 is 1.49 bits per heavy atom. The van der Waals surface area contributed by atoms with Gasteiger partial charge in [0, 0.05) is 24.7 Å². The van der Waals surface area contributed by atoms with Gasteiger partial charge in [-0.3, -0.25) is 9.69 Å². The van der Waals surface area contributed by atoms with E-state index in [0.29, 0.717) is 36.6 Å². The molecule has 0 bridgehead atoms. The molecular formula is C38H37ClN2O5S. The average Bonchev–Trinajstić information content (AvgIpc) is 3.07. The van der Waals surface area contributed by atoms with Crippen molar-refractivity contribution in [2.75, 3.05) is 13.1 Å². The summed E-state index contributed by atoms with van der Waals surface area (Å²) in [6.07, 6.45) is -0.0952. The highest BCUT2D eigenvalue weighted by atomic mass is 35.5. The Morgan fingerprint density at radius 1 is 0.830 bits per heavy atom. The Labute approximate surface area is 281 Å².